The van der Waals surface area contributed by atoms with Crippen LogP contribution < -0.4 is 10.5 Å². The van der Waals surface area contributed by atoms with E-state index >= 15 is 0 Å². The highest BCUT2D eigenvalue weighted by molar-refractivity contribution is 5.79. The fourth-order valence-electron chi connectivity index (χ4n) is 1.11. The van der Waals surface area contributed by atoms with Crippen LogP contribution in [0, 0.1) is 25.2 Å². The normalized spacial score (nSPS) is 12.2. The average molecular weight is 206 g/mol. The summed E-state index contributed by atoms with van der Waals surface area (Å²) in [4.78, 5) is 0. The van der Waals surface area contributed by atoms with Gasteiger partial charge in [-0.05, 0) is 37.1 Å². The number of hydrogen-bond donors (Lipinski definition) is 2. The molecule has 0 spiro atoms. The highest BCUT2D eigenvalue weighted by Gasteiger charge is 2.06. The van der Waals surface area contributed by atoms with Gasteiger partial charge < -0.3 is 10.5 Å². The number of ether oxygens (including phenoxy) is 1. The molecule has 15 heavy (non-hydrogen) atoms. The maximum Gasteiger partial charge on any atom is 0.119 e. The van der Waals surface area contributed by atoms with Crippen molar-refractivity contribution in [3.63, 3.8) is 0 Å². The molecule has 0 aliphatic carbocycles. The Balaban J connectivity index is 2.58. The standard InChI is InChI=1S/C12H18N2O/c1-8-4-5-11(6-9(8)2)15-7-10(3)12(13)14/h4-6,10H,7H2,1-3H3,(H3,13,14). The Kier molecular flexibility index (Phi) is 3.72. The second kappa shape index (κ2) is 4.82. The predicted octanol–water partition coefficient (Wildman–Crippen LogP) is 2.25. The summed E-state index contributed by atoms with van der Waals surface area (Å²) in [7, 11) is 0. The third-order valence-corrected chi connectivity index (χ3v) is 2.51. The fraction of sp³-hybridized carbons (Fsp3) is 0.417. The summed E-state index contributed by atoms with van der Waals surface area (Å²) in [6.07, 6.45) is 0. The molecule has 0 saturated heterocycles. The van der Waals surface area contributed by atoms with E-state index in [4.69, 9.17) is 15.9 Å². The molecule has 0 aliphatic heterocycles. The molecule has 1 aromatic carbocycles. The summed E-state index contributed by atoms with van der Waals surface area (Å²) in [5.41, 5.74) is 7.82. The van der Waals surface area contributed by atoms with E-state index in [1.165, 1.54) is 11.1 Å². The van der Waals surface area contributed by atoms with Crippen LogP contribution in [0.4, 0.5) is 0 Å². The van der Waals surface area contributed by atoms with E-state index in [2.05, 4.69) is 13.8 Å². The molecule has 0 aliphatic rings. The van der Waals surface area contributed by atoms with E-state index in [0.29, 0.717) is 6.61 Å². The number of hydrogen-bond acceptors (Lipinski definition) is 2. The van der Waals surface area contributed by atoms with E-state index in [0.717, 1.165) is 5.75 Å². The lowest BCUT2D eigenvalue weighted by atomic mass is 10.1. The molecule has 0 fully saturated rings. The van der Waals surface area contributed by atoms with E-state index in [-0.39, 0.29) is 11.8 Å². The Bertz CT molecular complexity index is 361. The molecule has 0 radical (unpaired) electrons. The van der Waals surface area contributed by atoms with Crippen molar-refractivity contribution in [2.24, 2.45) is 11.7 Å². The van der Waals surface area contributed by atoms with Gasteiger partial charge in [0.1, 0.15) is 5.75 Å². The van der Waals surface area contributed by atoms with Crippen molar-refractivity contribution in [1.29, 1.82) is 5.41 Å². The van der Waals surface area contributed by atoms with Crippen LogP contribution in [0.15, 0.2) is 18.2 Å². The molecule has 0 heterocycles. The topological polar surface area (TPSA) is 59.1 Å². The second-order valence-corrected chi connectivity index (χ2v) is 3.91. The highest BCUT2D eigenvalue weighted by atomic mass is 16.5. The number of benzene rings is 1. The quantitative estimate of drug-likeness (QED) is 0.586. The minimum Gasteiger partial charge on any atom is -0.493 e. The minimum absolute atomic E-state index is 0.0355. The number of nitrogens with two attached hydrogens (primary N) is 1. The van der Waals surface area contributed by atoms with Crippen molar-refractivity contribution in [2.75, 3.05) is 6.61 Å². The molecule has 1 atom stereocenters. The number of rotatable bonds is 4. The Hall–Kier alpha value is -1.51. The predicted molar refractivity (Wildman–Crippen MR) is 62.5 cm³/mol. The minimum atomic E-state index is -0.0355. The SMILES string of the molecule is Cc1ccc(OCC(C)C(=N)N)cc1C. The van der Waals surface area contributed by atoms with Crippen molar-refractivity contribution >= 4 is 5.84 Å². The molecular formula is C12H18N2O. The Morgan fingerprint density at radius 3 is 2.60 bits per heavy atom. The van der Waals surface area contributed by atoms with Crippen LogP contribution in [-0.4, -0.2) is 12.4 Å². The Labute approximate surface area is 90.8 Å². The van der Waals surface area contributed by atoms with Gasteiger partial charge in [0.2, 0.25) is 0 Å². The fourth-order valence-corrected chi connectivity index (χ4v) is 1.11. The Morgan fingerprint density at radius 1 is 1.40 bits per heavy atom. The maximum absolute atomic E-state index is 7.24. The zero-order chi connectivity index (χ0) is 11.4. The molecule has 1 unspecified atom stereocenters. The van der Waals surface area contributed by atoms with Gasteiger partial charge in [0.25, 0.3) is 0 Å². The second-order valence-electron chi connectivity index (χ2n) is 3.91. The summed E-state index contributed by atoms with van der Waals surface area (Å²) in [6.45, 7) is 6.45. The molecule has 0 aromatic heterocycles. The van der Waals surface area contributed by atoms with Crippen molar-refractivity contribution in [3.8, 4) is 5.75 Å². The lowest BCUT2D eigenvalue weighted by molar-refractivity contribution is 0.291. The summed E-state index contributed by atoms with van der Waals surface area (Å²) in [6, 6.07) is 5.97. The summed E-state index contributed by atoms with van der Waals surface area (Å²) >= 11 is 0. The molecule has 1 aromatic rings. The van der Waals surface area contributed by atoms with Gasteiger partial charge in [0.15, 0.2) is 0 Å². The molecule has 3 N–H and O–H groups in total. The van der Waals surface area contributed by atoms with Crippen LogP contribution >= 0.6 is 0 Å². The first-order valence-electron chi connectivity index (χ1n) is 5.04. The summed E-state index contributed by atoms with van der Waals surface area (Å²) in [5.74, 6) is 0.969. The van der Waals surface area contributed by atoms with Crippen LogP contribution in [-0.2, 0) is 0 Å². The third-order valence-electron chi connectivity index (χ3n) is 2.51. The van der Waals surface area contributed by atoms with Gasteiger partial charge in [0, 0.05) is 5.92 Å². The van der Waals surface area contributed by atoms with Crippen LogP contribution in [0.5, 0.6) is 5.75 Å². The van der Waals surface area contributed by atoms with Crippen molar-refractivity contribution in [3.05, 3.63) is 29.3 Å². The first-order chi connectivity index (χ1) is 7.00. The lowest BCUT2D eigenvalue weighted by Crippen LogP contribution is -2.25. The molecule has 3 nitrogen and oxygen atoms in total. The molecule has 3 heteroatoms. The van der Waals surface area contributed by atoms with Crippen LogP contribution in [0.2, 0.25) is 0 Å². The van der Waals surface area contributed by atoms with E-state index in [1.807, 2.05) is 25.1 Å². The first kappa shape index (κ1) is 11.6. The monoisotopic (exact) mass is 206 g/mol. The number of aryl methyl sites for hydroxylation is 2. The van der Waals surface area contributed by atoms with Crippen molar-refractivity contribution < 1.29 is 4.74 Å². The third kappa shape index (κ3) is 3.27. The molecular weight excluding hydrogens is 188 g/mol. The summed E-state index contributed by atoms with van der Waals surface area (Å²) < 4.78 is 5.54. The van der Waals surface area contributed by atoms with Crippen LogP contribution in [0.1, 0.15) is 18.1 Å². The van der Waals surface area contributed by atoms with Crippen molar-refractivity contribution in [1.82, 2.24) is 0 Å². The lowest BCUT2D eigenvalue weighted by Gasteiger charge is -2.12. The van der Waals surface area contributed by atoms with Gasteiger partial charge in [-0.1, -0.05) is 13.0 Å². The van der Waals surface area contributed by atoms with Gasteiger partial charge >= 0.3 is 0 Å². The Morgan fingerprint density at radius 2 is 2.07 bits per heavy atom. The molecule has 0 saturated carbocycles. The van der Waals surface area contributed by atoms with Gasteiger partial charge in [-0.25, -0.2) is 0 Å². The van der Waals surface area contributed by atoms with Crippen LogP contribution in [0.3, 0.4) is 0 Å². The molecule has 82 valence electrons. The maximum atomic E-state index is 7.24. The molecule has 0 bridgehead atoms. The summed E-state index contributed by atoms with van der Waals surface area (Å²) in [5, 5.41) is 7.24. The van der Waals surface area contributed by atoms with Crippen molar-refractivity contribution in [2.45, 2.75) is 20.8 Å². The zero-order valence-electron chi connectivity index (χ0n) is 9.50. The van der Waals surface area contributed by atoms with E-state index in [1.54, 1.807) is 0 Å². The highest BCUT2D eigenvalue weighted by Crippen LogP contribution is 2.16. The number of nitrogens with one attached hydrogen (secondary N) is 1. The van der Waals surface area contributed by atoms with Gasteiger partial charge in [-0.15, -0.1) is 0 Å². The zero-order valence-corrected chi connectivity index (χ0v) is 9.50. The molecule has 1 rings (SSSR count). The molecule has 0 amide bonds. The van der Waals surface area contributed by atoms with Crippen LogP contribution in [0.25, 0.3) is 0 Å². The average Bonchev–Trinajstić information content (AvgIpc) is 2.19. The first-order valence-corrected chi connectivity index (χ1v) is 5.04. The van der Waals surface area contributed by atoms with Gasteiger partial charge in [0.05, 0.1) is 12.4 Å². The van der Waals surface area contributed by atoms with E-state index in [9.17, 15) is 0 Å². The smallest absolute Gasteiger partial charge is 0.119 e. The number of amidine groups is 1. The van der Waals surface area contributed by atoms with Gasteiger partial charge in [-0.3, -0.25) is 5.41 Å². The largest absolute Gasteiger partial charge is 0.493 e. The van der Waals surface area contributed by atoms with Gasteiger partial charge in [-0.2, -0.15) is 0 Å². The van der Waals surface area contributed by atoms with E-state index < -0.39 is 0 Å².